The van der Waals surface area contributed by atoms with E-state index in [1.54, 1.807) is 24.3 Å². The zero-order valence-corrected chi connectivity index (χ0v) is 14.9. The molecule has 0 amide bonds. The number of thiocarbonyl (C=S) groups is 1. The average molecular weight is 369 g/mol. The molecule has 0 aliphatic carbocycles. The number of hydrogen-bond acceptors (Lipinski definition) is 3. The molecule has 2 N–H and O–H groups in total. The Morgan fingerprint density at radius 2 is 1.79 bits per heavy atom. The van der Waals surface area contributed by atoms with E-state index in [4.69, 9.17) is 33.3 Å². The third-order valence-corrected chi connectivity index (χ3v) is 3.51. The number of ether oxygens (including phenoxy) is 2. The van der Waals surface area contributed by atoms with Gasteiger partial charge in [0.25, 0.3) is 0 Å². The summed E-state index contributed by atoms with van der Waals surface area (Å²) in [5.74, 6) is 0.744. The fourth-order valence-corrected chi connectivity index (χ4v) is 2.42. The average Bonchev–Trinajstić information content (AvgIpc) is 2.55. The normalized spacial score (nSPS) is 10.2. The Hall–Kier alpha value is -2.05. The molecule has 0 radical (unpaired) electrons. The first-order valence-electron chi connectivity index (χ1n) is 7.46. The molecule has 4 nitrogen and oxygen atoms in total. The van der Waals surface area contributed by atoms with E-state index in [2.05, 4.69) is 10.6 Å². The smallest absolute Gasteiger partial charge is 0.175 e. The maximum Gasteiger partial charge on any atom is 0.175 e. The van der Waals surface area contributed by atoms with Gasteiger partial charge in [-0.3, -0.25) is 0 Å². The van der Waals surface area contributed by atoms with Crippen LogP contribution in [0.25, 0.3) is 0 Å². The quantitative estimate of drug-likeness (QED) is 0.695. The number of halogens is 2. The van der Waals surface area contributed by atoms with Gasteiger partial charge in [-0.05, 0) is 50.3 Å². The van der Waals surface area contributed by atoms with E-state index in [1.807, 2.05) is 19.9 Å². The lowest BCUT2D eigenvalue weighted by molar-refractivity contribution is 0.332. The minimum absolute atomic E-state index is 0.0242. The molecule has 0 aliphatic rings. The fourth-order valence-electron chi connectivity index (χ4n) is 2.02. The van der Waals surface area contributed by atoms with E-state index in [9.17, 15) is 4.39 Å². The van der Waals surface area contributed by atoms with Crippen LogP contribution in [0.2, 0.25) is 5.02 Å². The summed E-state index contributed by atoms with van der Waals surface area (Å²) < 4.78 is 25.0. The van der Waals surface area contributed by atoms with Crippen LogP contribution in [0.4, 0.5) is 15.8 Å². The first-order chi connectivity index (χ1) is 11.5. The first-order valence-corrected chi connectivity index (χ1v) is 8.25. The molecule has 24 heavy (non-hydrogen) atoms. The van der Waals surface area contributed by atoms with Crippen LogP contribution in [0.15, 0.2) is 36.4 Å². The van der Waals surface area contributed by atoms with E-state index in [1.165, 1.54) is 6.07 Å². The third kappa shape index (κ3) is 4.72. The molecule has 2 rings (SSSR count). The number of hydrogen-bond donors (Lipinski definition) is 2. The van der Waals surface area contributed by atoms with Gasteiger partial charge in [0.05, 0.1) is 29.6 Å². The van der Waals surface area contributed by atoms with Gasteiger partial charge in [0.1, 0.15) is 11.5 Å². The standard InChI is InChI=1S/C17H18ClFN2O2S/c1-3-22-11-8-9-15(23-4-2)14(10-11)21-17(24)20-13-7-5-6-12(18)16(13)19/h5-10H,3-4H2,1-2H3,(H2,20,21,24). The van der Waals surface area contributed by atoms with Gasteiger partial charge in [0.15, 0.2) is 10.9 Å². The van der Waals surface area contributed by atoms with Gasteiger partial charge >= 0.3 is 0 Å². The Morgan fingerprint density at radius 3 is 2.50 bits per heavy atom. The topological polar surface area (TPSA) is 42.5 Å². The Kier molecular flexibility index (Phi) is 6.63. The summed E-state index contributed by atoms with van der Waals surface area (Å²) in [5.41, 5.74) is 0.821. The highest BCUT2D eigenvalue weighted by molar-refractivity contribution is 7.80. The van der Waals surface area contributed by atoms with Gasteiger partial charge in [0.2, 0.25) is 0 Å². The van der Waals surface area contributed by atoms with Crippen LogP contribution >= 0.6 is 23.8 Å². The molecule has 0 spiro atoms. The van der Waals surface area contributed by atoms with Gasteiger partial charge in [-0.1, -0.05) is 17.7 Å². The zero-order valence-electron chi connectivity index (χ0n) is 13.4. The van der Waals surface area contributed by atoms with Crippen LogP contribution in [0.5, 0.6) is 11.5 Å². The summed E-state index contributed by atoms with van der Waals surface area (Å²) >= 11 is 11.0. The molecule has 0 saturated heterocycles. The van der Waals surface area contributed by atoms with Gasteiger partial charge < -0.3 is 20.1 Å². The lowest BCUT2D eigenvalue weighted by Gasteiger charge is -2.16. The van der Waals surface area contributed by atoms with Crippen molar-refractivity contribution in [1.29, 1.82) is 0 Å². The molecule has 0 atom stereocenters. The van der Waals surface area contributed by atoms with Crippen molar-refractivity contribution in [3.63, 3.8) is 0 Å². The monoisotopic (exact) mass is 368 g/mol. The predicted octanol–water partition coefficient (Wildman–Crippen LogP) is 5.09. The molecule has 0 aliphatic heterocycles. The van der Waals surface area contributed by atoms with E-state index >= 15 is 0 Å². The second kappa shape index (κ2) is 8.70. The van der Waals surface area contributed by atoms with Crippen LogP contribution in [0.3, 0.4) is 0 Å². The highest BCUT2D eigenvalue weighted by Crippen LogP contribution is 2.30. The van der Waals surface area contributed by atoms with E-state index in [0.29, 0.717) is 30.4 Å². The first kappa shape index (κ1) is 18.3. The number of anilines is 2. The fraction of sp³-hybridized carbons (Fsp3) is 0.235. The molecule has 0 aromatic heterocycles. The summed E-state index contributed by atoms with van der Waals surface area (Å²) in [7, 11) is 0. The Balaban J connectivity index is 2.17. The minimum Gasteiger partial charge on any atom is -0.494 e. The van der Waals surface area contributed by atoms with Crippen molar-refractivity contribution in [1.82, 2.24) is 0 Å². The van der Waals surface area contributed by atoms with Crippen molar-refractivity contribution in [2.24, 2.45) is 0 Å². The molecule has 128 valence electrons. The van der Waals surface area contributed by atoms with E-state index in [-0.39, 0.29) is 15.8 Å². The molecule has 7 heteroatoms. The van der Waals surface area contributed by atoms with E-state index < -0.39 is 5.82 Å². The number of benzene rings is 2. The summed E-state index contributed by atoms with van der Waals surface area (Å²) in [6.07, 6.45) is 0. The van der Waals surface area contributed by atoms with Gasteiger partial charge in [-0.2, -0.15) is 0 Å². The van der Waals surface area contributed by atoms with Crippen LogP contribution in [0, 0.1) is 5.82 Å². The zero-order chi connectivity index (χ0) is 17.5. The number of nitrogens with one attached hydrogen (secondary N) is 2. The van der Waals surface area contributed by atoms with Gasteiger partial charge in [0, 0.05) is 6.07 Å². The molecule has 0 unspecified atom stereocenters. The van der Waals surface area contributed by atoms with E-state index in [0.717, 1.165) is 0 Å². The van der Waals surface area contributed by atoms with Crippen molar-refractivity contribution in [3.05, 3.63) is 47.2 Å². The van der Waals surface area contributed by atoms with Crippen molar-refractivity contribution in [2.75, 3.05) is 23.8 Å². The molecule has 2 aromatic rings. The van der Waals surface area contributed by atoms with Crippen molar-refractivity contribution < 1.29 is 13.9 Å². The van der Waals surface area contributed by atoms with Crippen molar-refractivity contribution >= 4 is 40.3 Å². The Morgan fingerprint density at radius 1 is 1.08 bits per heavy atom. The summed E-state index contributed by atoms with van der Waals surface area (Å²) in [5, 5.41) is 6.02. The maximum absolute atomic E-state index is 13.9. The largest absolute Gasteiger partial charge is 0.494 e. The van der Waals surface area contributed by atoms with Crippen LogP contribution in [-0.2, 0) is 0 Å². The molecule has 0 saturated carbocycles. The molecule has 0 heterocycles. The predicted molar refractivity (Wildman–Crippen MR) is 100 cm³/mol. The second-order valence-corrected chi connectivity index (χ2v) is 5.52. The molecular weight excluding hydrogens is 351 g/mol. The molecule has 0 bridgehead atoms. The Bertz CT molecular complexity index is 728. The number of rotatable bonds is 6. The molecular formula is C17H18ClFN2O2S. The molecule has 2 aromatic carbocycles. The lowest BCUT2D eigenvalue weighted by Crippen LogP contribution is -2.20. The third-order valence-electron chi connectivity index (χ3n) is 3.01. The SMILES string of the molecule is CCOc1ccc(OCC)c(NC(=S)Nc2cccc(Cl)c2F)c1. The Labute approximate surface area is 150 Å². The summed E-state index contributed by atoms with van der Waals surface area (Å²) in [4.78, 5) is 0. The highest BCUT2D eigenvalue weighted by Gasteiger charge is 2.11. The van der Waals surface area contributed by atoms with Crippen molar-refractivity contribution in [2.45, 2.75) is 13.8 Å². The summed E-state index contributed by atoms with van der Waals surface area (Å²) in [6.45, 7) is 4.84. The molecule has 0 fully saturated rings. The van der Waals surface area contributed by atoms with Crippen LogP contribution < -0.4 is 20.1 Å². The van der Waals surface area contributed by atoms with Crippen LogP contribution in [0.1, 0.15) is 13.8 Å². The van der Waals surface area contributed by atoms with Gasteiger partial charge in [-0.25, -0.2) is 4.39 Å². The van der Waals surface area contributed by atoms with Crippen LogP contribution in [-0.4, -0.2) is 18.3 Å². The highest BCUT2D eigenvalue weighted by atomic mass is 35.5. The maximum atomic E-state index is 13.9. The minimum atomic E-state index is -0.559. The second-order valence-electron chi connectivity index (χ2n) is 4.70. The van der Waals surface area contributed by atoms with Gasteiger partial charge in [-0.15, -0.1) is 0 Å². The summed E-state index contributed by atoms with van der Waals surface area (Å²) in [6, 6.07) is 10.0. The lowest BCUT2D eigenvalue weighted by atomic mass is 10.2. The van der Waals surface area contributed by atoms with Crippen molar-refractivity contribution in [3.8, 4) is 11.5 Å².